The number of esters is 1. The number of carboxylic acids is 1. The fraction of sp³-hybridized carbons (Fsp3) is 0.0952. The molecular formula is C21H14Br2N2O8. The highest BCUT2D eigenvalue weighted by atomic mass is 79.9. The first-order valence-corrected chi connectivity index (χ1v) is 10.6. The first-order valence-electron chi connectivity index (χ1n) is 9.06. The van der Waals surface area contributed by atoms with Crippen LogP contribution in [0.15, 0.2) is 50.9 Å². The highest BCUT2D eigenvalue weighted by molar-refractivity contribution is 9.11. The number of carboxylic acid groups (broad SMARTS) is 1. The fourth-order valence-electron chi connectivity index (χ4n) is 2.86. The number of aliphatic carboxylic acids is 1. The van der Waals surface area contributed by atoms with E-state index in [4.69, 9.17) is 9.84 Å². The monoisotopic (exact) mass is 580 g/mol. The average molecular weight is 582 g/mol. The van der Waals surface area contributed by atoms with Crippen molar-refractivity contribution >= 4 is 73.4 Å². The maximum absolute atomic E-state index is 13.0. The summed E-state index contributed by atoms with van der Waals surface area (Å²) in [5, 5.41) is 10.9. The smallest absolute Gasteiger partial charge is 0.341 e. The summed E-state index contributed by atoms with van der Waals surface area (Å²) in [5.41, 5.74) is 0.441. The SMILES string of the molecule is COC(=O)c1ccc(N2C(=O)NC(=O)/C(=C\c3cc(Br)c(OCC(=O)O)c(Br)c3)C2=O)cc1. The van der Waals surface area contributed by atoms with Crippen molar-refractivity contribution in [3.8, 4) is 5.75 Å². The van der Waals surface area contributed by atoms with Gasteiger partial charge in [-0.25, -0.2) is 19.3 Å². The van der Waals surface area contributed by atoms with Gasteiger partial charge >= 0.3 is 18.0 Å². The topological polar surface area (TPSA) is 139 Å². The summed E-state index contributed by atoms with van der Waals surface area (Å²) < 4.78 is 10.6. The number of nitrogens with one attached hydrogen (secondary N) is 1. The second-order valence-corrected chi connectivity index (χ2v) is 8.20. The van der Waals surface area contributed by atoms with Gasteiger partial charge in [-0.15, -0.1) is 0 Å². The van der Waals surface area contributed by atoms with Gasteiger partial charge < -0.3 is 14.6 Å². The largest absolute Gasteiger partial charge is 0.480 e. The van der Waals surface area contributed by atoms with Crippen molar-refractivity contribution in [3.63, 3.8) is 0 Å². The molecule has 0 atom stereocenters. The Morgan fingerprint density at radius 1 is 1.09 bits per heavy atom. The molecule has 2 aromatic rings. The summed E-state index contributed by atoms with van der Waals surface area (Å²) >= 11 is 6.52. The predicted molar refractivity (Wildman–Crippen MR) is 122 cm³/mol. The van der Waals surface area contributed by atoms with E-state index in [-0.39, 0.29) is 22.6 Å². The lowest BCUT2D eigenvalue weighted by Gasteiger charge is -2.26. The predicted octanol–water partition coefficient (Wildman–Crippen LogP) is 3.13. The highest BCUT2D eigenvalue weighted by Gasteiger charge is 2.37. The van der Waals surface area contributed by atoms with Crippen molar-refractivity contribution in [2.24, 2.45) is 0 Å². The van der Waals surface area contributed by atoms with Crippen molar-refractivity contribution in [2.75, 3.05) is 18.6 Å². The molecule has 12 heteroatoms. The first-order chi connectivity index (χ1) is 15.6. The number of hydrogen-bond donors (Lipinski definition) is 2. The molecule has 1 heterocycles. The van der Waals surface area contributed by atoms with Crippen LogP contribution in [-0.4, -0.2) is 48.6 Å². The Labute approximate surface area is 203 Å². The number of anilines is 1. The summed E-state index contributed by atoms with van der Waals surface area (Å²) in [5.74, 6) is -3.27. The third-order valence-corrected chi connectivity index (χ3v) is 5.50. The Kier molecular flexibility index (Phi) is 7.29. The van der Waals surface area contributed by atoms with Gasteiger partial charge in [-0.3, -0.25) is 14.9 Å². The minimum atomic E-state index is -1.16. The Morgan fingerprint density at radius 3 is 2.24 bits per heavy atom. The van der Waals surface area contributed by atoms with Crippen molar-refractivity contribution in [1.82, 2.24) is 5.32 Å². The van der Waals surface area contributed by atoms with Crippen molar-refractivity contribution in [2.45, 2.75) is 0 Å². The van der Waals surface area contributed by atoms with Gasteiger partial charge in [0, 0.05) is 0 Å². The van der Waals surface area contributed by atoms with E-state index >= 15 is 0 Å². The molecule has 3 rings (SSSR count). The fourth-order valence-corrected chi connectivity index (χ4v) is 4.31. The minimum absolute atomic E-state index is 0.142. The molecule has 170 valence electrons. The summed E-state index contributed by atoms with van der Waals surface area (Å²) in [4.78, 5) is 60.8. The number of carbonyl (C=O) groups excluding carboxylic acids is 4. The molecule has 0 bridgehead atoms. The number of carbonyl (C=O) groups is 5. The van der Waals surface area contributed by atoms with Gasteiger partial charge in [-0.2, -0.15) is 0 Å². The molecule has 0 spiro atoms. The van der Waals surface area contributed by atoms with Crippen LogP contribution in [0, 0.1) is 0 Å². The van der Waals surface area contributed by atoms with Gasteiger partial charge in [0.15, 0.2) is 6.61 Å². The molecule has 2 N–H and O–H groups in total. The maximum Gasteiger partial charge on any atom is 0.341 e. The zero-order valence-corrected chi connectivity index (χ0v) is 19.9. The molecule has 0 aliphatic carbocycles. The molecule has 1 aliphatic rings. The Hall–Kier alpha value is -3.51. The maximum atomic E-state index is 13.0. The molecule has 1 fully saturated rings. The summed E-state index contributed by atoms with van der Waals surface area (Å²) in [6.07, 6.45) is 1.27. The third kappa shape index (κ3) is 5.29. The highest BCUT2D eigenvalue weighted by Crippen LogP contribution is 2.35. The molecule has 10 nitrogen and oxygen atoms in total. The number of urea groups is 1. The van der Waals surface area contributed by atoms with E-state index in [1.54, 1.807) is 0 Å². The first kappa shape index (κ1) is 24.1. The van der Waals surface area contributed by atoms with E-state index in [2.05, 4.69) is 41.9 Å². The second-order valence-electron chi connectivity index (χ2n) is 6.49. The van der Waals surface area contributed by atoms with E-state index in [9.17, 15) is 24.0 Å². The molecule has 1 saturated heterocycles. The summed E-state index contributed by atoms with van der Waals surface area (Å²) in [7, 11) is 1.22. The number of rotatable bonds is 6. The second kappa shape index (κ2) is 9.96. The minimum Gasteiger partial charge on any atom is -0.480 e. The van der Waals surface area contributed by atoms with Gasteiger partial charge in [-0.05, 0) is 79.9 Å². The number of imide groups is 2. The molecular weight excluding hydrogens is 568 g/mol. The van der Waals surface area contributed by atoms with Crippen LogP contribution in [0.5, 0.6) is 5.75 Å². The number of ether oxygens (including phenoxy) is 2. The van der Waals surface area contributed by atoms with Crippen LogP contribution < -0.4 is 15.0 Å². The molecule has 4 amide bonds. The van der Waals surface area contributed by atoms with Crippen molar-refractivity contribution in [1.29, 1.82) is 0 Å². The number of methoxy groups -OCH3 is 1. The standard InChI is InChI=1S/C21H14Br2N2O8/c1-32-20(30)11-2-4-12(5-3-11)25-19(29)13(18(28)24-21(25)31)6-10-7-14(22)17(15(23)8-10)33-9-16(26)27/h2-8H,9H2,1H3,(H,26,27)(H,24,28,31)/b13-6+. The number of halogens is 2. The summed E-state index contributed by atoms with van der Waals surface area (Å²) in [6.45, 7) is -0.565. The van der Waals surface area contributed by atoms with Crippen LogP contribution in [0.1, 0.15) is 15.9 Å². The van der Waals surface area contributed by atoms with Crippen molar-refractivity contribution < 1.29 is 38.6 Å². The van der Waals surface area contributed by atoms with Crippen molar-refractivity contribution in [3.05, 3.63) is 62.0 Å². The lowest BCUT2D eigenvalue weighted by Crippen LogP contribution is -2.54. The number of nitrogens with zero attached hydrogens (tertiary/aromatic N) is 1. The Bertz CT molecular complexity index is 1180. The van der Waals surface area contributed by atoms with Gasteiger partial charge in [0.1, 0.15) is 11.3 Å². The van der Waals surface area contributed by atoms with Gasteiger partial charge in [0.25, 0.3) is 11.8 Å². The van der Waals surface area contributed by atoms with Crippen LogP contribution in [0.2, 0.25) is 0 Å². The van der Waals surface area contributed by atoms with Gasteiger partial charge in [0.2, 0.25) is 0 Å². The van der Waals surface area contributed by atoms with E-state index in [0.29, 0.717) is 14.5 Å². The number of amides is 4. The Balaban J connectivity index is 1.94. The average Bonchev–Trinajstić information content (AvgIpc) is 2.75. The van der Waals surface area contributed by atoms with Crippen LogP contribution in [0.3, 0.4) is 0 Å². The molecule has 1 aliphatic heterocycles. The molecule has 0 saturated carbocycles. The summed E-state index contributed by atoms with van der Waals surface area (Å²) in [6, 6.07) is 7.60. The molecule has 33 heavy (non-hydrogen) atoms. The van der Waals surface area contributed by atoms with Crippen LogP contribution in [-0.2, 0) is 19.1 Å². The zero-order chi connectivity index (χ0) is 24.3. The van der Waals surface area contributed by atoms with Gasteiger partial charge in [-0.1, -0.05) is 0 Å². The lowest BCUT2D eigenvalue weighted by molar-refractivity contribution is -0.139. The van der Waals surface area contributed by atoms with E-state index in [1.165, 1.54) is 49.6 Å². The quantitative estimate of drug-likeness (QED) is 0.301. The van der Waals surface area contributed by atoms with E-state index in [0.717, 1.165) is 4.90 Å². The number of hydrogen-bond acceptors (Lipinski definition) is 7. The van der Waals surface area contributed by atoms with E-state index in [1.807, 2.05) is 0 Å². The normalized spacial score (nSPS) is 14.8. The number of barbiturate groups is 1. The van der Waals surface area contributed by atoms with Crippen LogP contribution >= 0.6 is 31.9 Å². The van der Waals surface area contributed by atoms with E-state index < -0.39 is 36.4 Å². The van der Waals surface area contributed by atoms with Crippen LogP contribution in [0.4, 0.5) is 10.5 Å². The zero-order valence-electron chi connectivity index (χ0n) is 16.8. The van der Waals surface area contributed by atoms with Gasteiger partial charge in [0.05, 0.1) is 27.3 Å². The molecule has 0 unspecified atom stereocenters. The molecule has 0 aromatic heterocycles. The molecule has 0 radical (unpaired) electrons. The van der Waals surface area contributed by atoms with Crippen LogP contribution in [0.25, 0.3) is 6.08 Å². The molecule has 2 aromatic carbocycles. The number of benzene rings is 2. The third-order valence-electron chi connectivity index (χ3n) is 4.32. The Morgan fingerprint density at radius 2 is 1.70 bits per heavy atom. The lowest BCUT2D eigenvalue weighted by atomic mass is 10.1.